The van der Waals surface area contributed by atoms with Crippen LogP contribution >= 0.6 is 11.6 Å². The molecule has 0 radical (unpaired) electrons. The second-order valence-corrected chi connectivity index (χ2v) is 5.49. The van der Waals surface area contributed by atoms with Gasteiger partial charge in [0.25, 0.3) is 5.91 Å². The standard InChI is InChI=1S/C16H14ClN3O3/c1-9-6-11(3-4-12(9)17)23-8-15(21)18-10-2-5-13-14(7-10)20-16(22)19-13/h2-7H,8H2,1H3,(H,18,21)(H2,19,20,22). The number of amides is 1. The van der Waals surface area contributed by atoms with Crippen LogP contribution in [0.25, 0.3) is 11.0 Å². The highest BCUT2D eigenvalue weighted by molar-refractivity contribution is 6.31. The molecular formula is C16H14ClN3O3. The van der Waals surface area contributed by atoms with Crippen molar-refractivity contribution in [3.63, 3.8) is 0 Å². The average molecular weight is 332 g/mol. The lowest BCUT2D eigenvalue weighted by atomic mass is 10.2. The van der Waals surface area contributed by atoms with Crippen LogP contribution in [0.4, 0.5) is 5.69 Å². The minimum absolute atomic E-state index is 0.122. The van der Waals surface area contributed by atoms with E-state index in [2.05, 4.69) is 15.3 Å². The Morgan fingerprint density at radius 3 is 2.74 bits per heavy atom. The second kappa shape index (κ2) is 6.18. The molecule has 0 saturated carbocycles. The molecule has 0 atom stereocenters. The fourth-order valence-corrected chi connectivity index (χ4v) is 2.28. The fraction of sp³-hybridized carbons (Fsp3) is 0.125. The van der Waals surface area contributed by atoms with Gasteiger partial charge in [-0.1, -0.05) is 11.6 Å². The summed E-state index contributed by atoms with van der Waals surface area (Å²) in [6.45, 7) is 1.74. The van der Waals surface area contributed by atoms with Gasteiger partial charge in [0, 0.05) is 10.7 Å². The number of aryl methyl sites for hydroxylation is 1. The second-order valence-electron chi connectivity index (χ2n) is 5.09. The van der Waals surface area contributed by atoms with Crippen molar-refractivity contribution >= 4 is 34.2 Å². The Morgan fingerprint density at radius 2 is 1.96 bits per heavy atom. The summed E-state index contributed by atoms with van der Waals surface area (Å²) in [5.74, 6) is 0.280. The summed E-state index contributed by atoms with van der Waals surface area (Å²) in [5.41, 5.74) is 2.48. The number of benzene rings is 2. The van der Waals surface area contributed by atoms with Crippen LogP contribution in [-0.4, -0.2) is 22.5 Å². The predicted octanol–water partition coefficient (Wildman–Crippen LogP) is 2.84. The number of carbonyl (C=O) groups is 1. The van der Waals surface area contributed by atoms with Gasteiger partial charge in [0.05, 0.1) is 11.0 Å². The van der Waals surface area contributed by atoms with Crippen molar-refractivity contribution < 1.29 is 9.53 Å². The molecule has 1 heterocycles. The first-order valence-electron chi connectivity index (χ1n) is 6.92. The zero-order valence-electron chi connectivity index (χ0n) is 12.3. The highest BCUT2D eigenvalue weighted by atomic mass is 35.5. The summed E-state index contributed by atoms with van der Waals surface area (Å²) >= 11 is 5.94. The first kappa shape index (κ1) is 15.2. The number of fused-ring (bicyclic) bond motifs is 1. The normalized spacial score (nSPS) is 10.7. The molecule has 0 spiro atoms. The van der Waals surface area contributed by atoms with Crippen LogP contribution in [0.3, 0.4) is 0 Å². The highest BCUT2D eigenvalue weighted by Crippen LogP contribution is 2.21. The van der Waals surface area contributed by atoms with E-state index < -0.39 is 0 Å². The van der Waals surface area contributed by atoms with Gasteiger partial charge in [0.1, 0.15) is 5.75 Å². The van der Waals surface area contributed by atoms with Gasteiger partial charge in [-0.2, -0.15) is 0 Å². The number of imidazole rings is 1. The molecule has 118 valence electrons. The number of ether oxygens (including phenoxy) is 1. The lowest BCUT2D eigenvalue weighted by molar-refractivity contribution is -0.118. The molecule has 0 aliphatic carbocycles. The van der Waals surface area contributed by atoms with E-state index in [0.29, 0.717) is 27.5 Å². The summed E-state index contributed by atoms with van der Waals surface area (Å²) in [7, 11) is 0. The number of H-pyrrole nitrogens is 2. The Bertz CT molecular complexity index is 930. The highest BCUT2D eigenvalue weighted by Gasteiger charge is 2.06. The number of rotatable bonds is 4. The maximum Gasteiger partial charge on any atom is 0.323 e. The lowest BCUT2D eigenvalue weighted by Gasteiger charge is -2.08. The molecule has 3 N–H and O–H groups in total. The quantitative estimate of drug-likeness (QED) is 0.687. The van der Waals surface area contributed by atoms with Gasteiger partial charge in [-0.3, -0.25) is 4.79 Å². The van der Waals surface area contributed by atoms with Crippen LogP contribution in [0.1, 0.15) is 5.56 Å². The van der Waals surface area contributed by atoms with E-state index in [1.54, 1.807) is 36.4 Å². The van der Waals surface area contributed by atoms with Gasteiger partial charge in [-0.05, 0) is 48.9 Å². The van der Waals surface area contributed by atoms with E-state index in [4.69, 9.17) is 16.3 Å². The zero-order valence-corrected chi connectivity index (χ0v) is 13.0. The Balaban J connectivity index is 1.63. The van der Waals surface area contributed by atoms with Crippen LogP contribution in [0.15, 0.2) is 41.2 Å². The summed E-state index contributed by atoms with van der Waals surface area (Å²) in [6, 6.07) is 10.3. The van der Waals surface area contributed by atoms with E-state index in [0.717, 1.165) is 5.56 Å². The SMILES string of the molecule is Cc1cc(OCC(=O)Nc2ccc3[nH]c(=O)[nH]c3c2)ccc1Cl. The lowest BCUT2D eigenvalue weighted by Crippen LogP contribution is -2.20. The van der Waals surface area contributed by atoms with Gasteiger partial charge in [0.2, 0.25) is 0 Å². The van der Waals surface area contributed by atoms with Crippen molar-refractivity contribution in [2.45, 2.75) is 6.92 Å². The summed E-state index contributed by atoms with van der Waals surface area (Å²) < 4.78 is 5.43. The third-order valence-electron chi connectivity index (χ3n) is 3.30. The monoisotopic (exact) mass is 331 g/mol. The van der Waals surface area contributed by atoms with Crippen molar-refractivity contribution in [3.8, 4) is 5.75 Å². The minimum Gasteiger partial charge on any atom is -0.484 e. The molecule has 3 rings (SSSR count). The molecule has 3 aromatic rings. The summed E-state index contributed by atoms with van der Waals surface area (Å²) in [4.78, 5) is 28.4. The van der Waals surface area contributed by atoms with Crippen molar-refractivity contribution in [1.29, 1.82) is 0 Å². The minimum atomic E-state index is -0.296. The predicted molar refractivity (Wildman–Crippen MR) is 89.2 cm³/mol. The van der Waals surface area contributed by atoms with Crippen molar-refractivity contribution in [3.05, 3.63) is 57.5 Å². The Labute approximate surface area is 136 Å². The summed E-state index contributed by atoms with van der Waals surface area (Å²) in [6.07, 6.45) is 0. The molecule has 0 aliphatic heterocycles. The molecular weight excluding hydrogens is 318 g/mol. The van der Waals surface area contributed by atoms with Crippen molar-refractivity contribution in [1.82, 2.24) is 9.97 Å². The molecule has 2 aromatic carbocycles. The number of aromatic nitrogens is 2. The summed E-state index contributed by atoms with van der Waals surface area (Å²) in [5, 5.41) is 3.36. The van der Waals surface area contributed by atoms with E-state index in [1.165, 1.54) is 0 Å². The van der Waals surface area contributed by atoms with Gasteiger partial charge in [0.15, 0.2) is 6.61 Å². The van der Waals surface area contributed by atoms with E-state index in [-0.39, 0.29) is 18.2 Å². The van der Waals surface area contributed by atoms with E-state index in [1.807, 2.05) is 6.92 Å². The zero-order chi connectivity index (χ0) is 16.4. The molecule has 1 aromatic heterocycles. The Kier molecular flexibility index (Phi) is 4.08. The number of hydrogen-bond donors (Lipinski definition) is 3. The maximum absolute atomic E-state index is 11.9. The van der Waals surface area contributed by atoms with Crippen LogP contribution in [0, 0.1) is 6.92 Å². The largest absolute Gasteiger partial charge is 0.484 e. The topological polar surface area (TPSA) is 87.0 Å². The van der Waals surface area contributed by atoms with Gasteiger partial charge in [-0.25, -0.2) is 4.79 Å². The number of halogens is 1. The average Bonchev–Trinajstić information content (AvgIpc) is 2.88. The molecule has 23 heavy (non-hydrogen) atoms. The fourth-order valence-electron chi connectivity index (χ4n) is 2.16. The van der Waals surface area contributed by atoms with Gasteiger partial charge in [-0.15, -0.1) is 0 Å². The van der Waals surface area contributed by atoms with Crippen LogP contribution in [0.2, 0.25) is 5.02 Å². The number of hydrogen-bond acceptors (Lipinski definition) is 3. The van der Waals surface area contributed by atoms with Crippen molar-refractivity contribution in [2.75, 3.05) is 11.9 Å². The molecule has 0 bridgehead atoms. The van der Waals surface area contributed by atoms with Crippen LogP contribution < -0.4 is 15.7 Å². The van der Waals surface area contributed by atoms with Gasteiger partial charge >= 0.3 is 5.69 Å². The van der Waals surface area contributed by atoms with Crippen LogP contribution in [0.5, 0.6) is 5.75 Å². The molecule has 0 fully saturated rings. The van der Waals surface area contributed by atoms with Crippen LogP contribution in [-0.2, 0) is 4.79 Å². The molecule has 0 saturated heterocycles. The first-order chi connectivity index (χ1) is 11.0. The number of carbonyl (C=O) groups excluding carboxylic acids is 1. The third-order valence-corrected chi connectivity index (χ3v) is 3.72. The van der Waals surface area contributed by atoms with E-state index in [9.17, 15) is 9.59 Å². The Morgan fingerprint density at radius 1 is 1.17 bits per heavy atom. The number of nitrogens with one attached hydrogen (secondary N) is 3. The van der Waals surface area contributed by atoms with Crippen molar-refractivity contribution in [2.24, 2.45) is 0 Å². The smallest absolute Gasteiger partial charge is 0.323 e. The van der Waals surface area contributed by atoms with E-state index >= 15 is 0 Å². The maximum atomic E-state index is 11.9. The molecule has 0 unspecified atom stereocenters. The van der Waals surface area contributed by atoms with Gasteiger partial charge < -0.3 is 20.0 Å². The first-order valence-corrected chi connectivity index (χ1v) is 7.30. The number of anilines is 1. The Hall–Kier alpha value is -2.73. The molecule has 1 amide bonds. The number of aromatic amines is 2. The third kappa shape index (κ3) is 3.54. The molecule has 7 heteroatoms. The molecule has 6 nitrogen and oxygen atoms in total. The molecule has 0 aliphatic rings.